The number of aryl methyl sites for hydroxylation is 1. The summed E-state index contributed by atoms with van der Waals surface area (Å²) in [6.45, 7) is 4.47. The van der Waals surface area contributed by atoms with Gasteiger partial charge in [-0.2, -0.15) is 0 Å². The first-order valence-corrected chi connectivity index (χ1v) is 5.97. The number of nitrogens with one attached hydrogen (secondary N) is 1. The van der Waals surface area contributed by atoms with Crippen molar-refractivity contribution in [2.24, 2.45) is 0 Å². The van der Waals surface area contributed by atoms with Gasteiger partial charge in [-0.25, -0.2) is 4.79 Å². The van der Waals surface area contributed by atoms with Crippen molar-refractivity contribution in [1.82, 2.24) is 15.1 Å². The molecule has 0 spiro atoms. The van der Waals surface area contributed by atoms with E-state index in [0.29, 0.717) is 6.04 Å². The third kappa shape index (κ3) is 1.61. The highest BCUT2D eigenvalue weighted by atomic mass is 16.3. The minimum Gasteiger partial charge on any atom is -0.464 e. The second kappa shape index (κ2) is 3.77. The maximum Gasteiger partial charge on any atom is 0.320 e. The molecule has 1 aromatic rings. The Bertz CT molecular complexity index is 439. The Morgan fingerprint density at radius 2 is 2.18 bits per heavy atom. The number of nitrogens with zero attached hydrogens (tertiary/aromatic N) is 2. The molecule has 0 aliphatic carbocycles. The normalized spacial score (nSPS) is 25.5. The molecule has 1 unspecified atom stereocenters. The molecule has 1 N–H and O–H groups in total. The summed E-state index contributed by atoms with van der Waals surface area (Å²) < 4.78 is 5.63. The van der Waals surface area contributed by atoms with Crippen LogP contribution in [-0.2, 0) is 0 Å². The fourth-order valence-electron chi connectivity index (χ4n) is 2.44. The molecular formula is C12H17N3O2. The van der Waals surface area contributed by atoms with E-state index in [1.54, 1.807) is 4.90 Å². The van der Waals surface area contributed by atoms with Crippen molar-refractivity contribution in [3.05, 3.63) is 23.7 Å². The lowest BCUT2D eigenvalue weighted by atomic mass is 10.1. The predicted octanol–water partition coefficient (Wildman–Crippen LogP) is 0.968. The number of likely N-dealkylation sites (N-methyl/N-ethyl adjacent to an activating group) is 1. The van der Waals surface area contributed by atoms with Gasteiger partial charge in [-0.05, 0) is 19.1 Å². The fraction of sp³-hybridized carbons (Fsp3) is 0.583. The van der Waals surface area contributed by atoms with Gasteiger partial charge >= 0.3 is 6.03 Å². The smallest absolute Gasteiger partial charge is 0.320 e. The molecular weight excluding hydrogens is 218 g/mol. The summed E-state index contributed by atoms with van der Waals surface area (Å²) in [5.41, 5.74) is 0. The van der Waals surface area contributed by atoms with Crippen molar-refractivity contribution in [2.75, 3.05) is 26.7 Å². The molecule has 2 saturated heterocycles. The van der Waals surface area contributed by atoms with Crippen LogP contribution in [-0.4, -0.2) is 48.6 Å². The molecule has 0 radical (unpaired) electrons. The summed E-state index contributed by atoms with van der Waals surface area (Å²) in [6, 6.07) is 4.42. The first kappa shape index (κ1) is 10.7. The van der Waals surface area contributed by atoms with E-state index in [2.05, 4.69) is 5.32 Å². The topological polar surface area (TPSA) is 48.7 Å². The molecule has 3 heterocycles. The van der Waals surface area contributed by atoms with Crippen molar-refractivity contribution >= 4 is 6.03 Å². The molecule has 1 atom stereocenters. The van der Waals surface area contributed by atoms with Crippen LogP contribution in [0.4, 0.5) is 4.79 Å². The Morgan fingerprint density at radius 3 is 2.71 bits per heavy atom. The van der Waals surface area contributed by atoms with Crippen molar-refractivity contribution in [2.45, 2.75) is 19.0 Å². The van der Waals surface area contributed by atoms with Crippen LogP contribution in [0.3, 0.4) is 0 Å². The summed E-state index contributed by atoms with van der Waals surface area (Å²) >= 11 is 0. The van der Waals surface area contributed by atoms with E-state index in [1.807, 2.05) is 31.0 Å². The standard InChI is InChI=1S/C12H17N3O2/c1-8-3-4-11(17-8)10-7-15(9-5-13-6-9)12(16)14(10)2/h3-4,9-10,13H,5-7H2,1-2H3. The van der Waals surface area contributed by atoms with E-state index in [9.17, 15) is 4.79 Å². The van der Waals surface area contributed by atoms with Gasteiger partial charge in [-0.1, -0.05) is 0 Å². The zero-order valence-corrected chi connectivity index (χ0v) is 10.1. The lowest BCUT2D eigenvalue weighted by Gasteiger charge is -2.34. The zero-order chi connectivity index (χ0) is 12.0. The number of hydrogen-bond acceptors (Lipinski definition) is 3. The summed E-state index contributed by atoms with van der Waals surface area (Å²) in [7, 11) is 1.84. The average molecular weight is 235 g/mol. The summed E-state index contributed by atoms with van der Waals surface area (Å²) in [5.74, 6) is 1.78. The minimum atomic E-state index is 0.0526. The number of amides is 2. The number of urea groups is 1. The Hall–Kier alpha value is -1.49. The lowest BCUT2D eigenvalue weighted by Crippen LogP contribution is -2.57. The highest BCUT2D eigenvalue weighted by molar-refractivity contribution is 5.77. The van der Waals surface area contributed by atoms with E-state index >= 15 is 0 Å². The van der Waals surface area contributed by atoms with Gasteiger partial charge < -0.3 is 19.5 Å². The number of carbonyl (C=O) groups is 1. The van der Waals surface area contributed by atoms with Gasteiger partial charge in [0.25, 0.3) is 0 Å². The van der Waals surface area contributed by atoms with Gasteiger partial charge in [-0.3, -0.25) is 0 Å². The van der Waals surface area contributed by atoms with Crippen molar-refractivity contribution < 1.29 is 9.21 Å². The van der Waals surface area contributed by atoms with E-state index in [-0.39, 0.29) is 12.1 Å². The molecule has 2 aliphatic rings. The number of carbonyl (C=O) groups excluding carboxylic acids is 1. The molecule has 2 amide bonds. The summed E-state index contributed by atoms with van der Waals surface area (Å²) in [6.07, 6.45) is 0. The predicted molar refractivity (Wildman–Crippen MR) is 62.7 cm³/mol. The third-order valence-electron chi connectivity index (χ3n) is 3.67. The van der Waals surface area contributed by atoms with Crippen molar-refractivity contribution in [1.29, 1.82) is 0 Å². The van der Waals surface area contributed by atoms with Crippen molar-refractivity contribution in [3.8, 4) is 0 Å². The van der Waals surface area contributed by atoms with Gasteiger partial charge in [0.15, 0.2) is 0 Å². The van der Waals surface area contributed by atoms with Gasteiger partial charge in [0.1, 0.15) is 17.6 Å². The van der Waals surface area contributed by atoms with E-state index in [4.69, 9.17) is 4.42 Å². The Labute approximate surface area is 100 Å². The molecule has 1 aromatic heterocycles. The van der Waals surface area contributed by atoms with Gasteiger partial charge in [0.05, 0.1) is 12.6 Å². The van der Waals surface area contributed by atoms with Gasteiger partial charge in [0, 0.05) is 20.1 Å². The molecule has 0 saturated carbocycles. The molecule has 5 heteroatoms. The monoisotopic (exact) mass is 235 g/mol. The number of furan rings is 1. The Balaban J connectivity index is 1.80. The first-order chi connectivity index (χ1) is 8.16. The van der Waals surface area contributed by atoms with Gasteiger partial charge in [0.2, 0.25) is 0 Å². The van der Waals surface area contributed by atoms with E-state index in [1.165, 1.54) is 0 Å². The lowest BCUT2D eigenvalue weighted by molar-refractivity contribution is 0.162. The maximum atomic E-state index is 12.1. The second-order valence-electron chi connectivity index (χ2n) is 4.82. The van der Waals surface area contributed by atoms with Crippen LogP contribution in [0.5, 0.6) is 0 Å². The SMILES string of the molecule is Cc1ccc(C2CN(C3CNC3)C(=O)N2C)o1. The Kier molecular flexibility index (Phi) is 2.36. The minimum absolute atomic E-state index is 0.0526. The molecule has 17 heavy (non-hydrogen) atoms. The van der Waals surface area contributed by atoms with Crippen LogP contribution in [0.25, 0.3) is 0 Å². The summed E-state index contributed by atoms with van der Waals surface area (Å²) in [5, 5.41) is 3.20. The quantitative estimate of drug-likeness (QED) is 0.831. The largest absolute Gasteiger partial charge is 0.464 e. The molecule has 0 bridgehead atoms. The van der Waals surface area contributed by atoms with E-state index in [0.717, 1.165) is 31.2 Å². The molecule has 2 fully saturated rings. The molecule has 2 aliphatic heterocycles. The van der Waals surface area contributed by atoms with Crippen LogP contribution >= 0.6 is 0 Å². The average Bonchev–Trinajstić information content (AvgIpc) is 2.75. The highest BCUT2D eigenvalue weighted by Crippen LogP contribution is 2.30. The van der Waals surface area contributed by atoms with Gasteiger partial charge in [-0.15, -0.1) is 0 Å². The van der Waals surface area contributed by atoms with Crippen LogP contribution in [0.2, 0.25) is 0 Å². The molecule has 3 rings (SSSR count). The van der Waals surface area contributed by atoms with Crippen LogP contribution in [0.1, 0.15) is 17.6 Å². The van der Waals surface area contributed by atoms with Crippen LogP contribution < -0.4 is 5.32 Å². The number of rotatable bonds is 2. The molecule has 92 valence electrons. The van der Waals surface area contributed by atoms with E-state index < -0.39 is 0 Å². The third-order valence-corrected chi connectivity index (χ3v) is 3.67. The fourth-order valence-corrected chi connectivity index (χ4v) is 2.44. The Morgan fingerprint density at radius 1 is 1.41 bits per heavy atom. The first-order valence-electron chi connectivity index (χ1n) is 5.97. The zero-order valence-electron chi connectivity index (χ0n) is 10.1. The van der Waals surface area contributed by atoms with Crippen LogP contribution in [0.15, 0.2) is 16.5 Å². The van der Waals surface area contributed by atoms with Crippen LogP contribution in [0, 0.1) is 6.92 Å². The summed E-state index contributed by atoms with van der Waals surface area (Å²) in [4.78, 5) is 15.8. The maximum absolute atomic E-state index is 12.1. The molecule has 0 aromatic carbocycles. The number of hydrogen-bond donors (Lipinski definition) is 1. The highest BCUT2D eigenvalue weighted by Gasteiger charge is 2.42. The van der Waals surface area contributed by atoms with Crippen molar-refractivity contribution in [3.63, 3.8) is 0 Å². The molecule has 5 nitrogen and oxygen atoms in total. The second-order valence-corrected chi connectivity index (χ2v) is 4.82.